The summed E-state index contributed by atoms with van der Waals surface area (Å²) in [4.78, 5) is 1.20. The van der Waals surface area contributed by atoms with Crippen LogP contribution in [0.25, 0.3) is 0 Å². The number of thiophene rings is 1. The predicted octanol–water partition coefficient (Wildman–Crippen LogP) is 2.65. The van der Waals surface area contributed by atoms with Crippen molar-refractivity contribution in [1.82, 2.24) is 5.32 Å². The third-order valence-corrected chi connectivity index (χ3v) is 3.84. The number of hydrogen-bond donors (Lipinski definition) is 2. The van der Waals surface area contributed by atoms with Gasteiger partial charge >= 0.3 is 0 Å². The van der Waals surface area contributed by atoms with Gasteiger partial charge in [0, 0.05) is 17.5 Å². The molecule has 18 heavy (non-hydrogen) atoms. The molecule has 2 atom stereocenters. The van der Waals surface area contributed by atoms with Crippen molar-refractivity contribution < 1.29 is 9.84 Å². The summed E-state index contributed by atoms with van der Waals surface area (Å²) in [6, 6.07) is 4.52. The van der Waals surface area contributed by atoms with Gasteiger partial charge in [0.05, 0.1) is 19.3 Å². The van der Waals surface area contributed by atoms with Crippen LogP contribution in [-0.4, -0.2) is 30.4 Å². The standard InChI is InChI=1S/C14H25NO2S/c1-4-14(11(2)3)15-8-12(16)9-17-10-13-6-5-7-18-13/h5-7,11-12,14-16H,4,8-10H2,1-3H3. The largest absolute Gasteiger partial charge is 0.389 e. The van der Waals surface area contributed by atoms with Crippen LogP contribution in [0, 0.1) is 5.92 Å². The number of nitrogens with one attached hydrogen (secondary N) is 1. The summed E-state index contributed by atoms with van der Waals surface area (Å²) in [6.07, 6.45) is 0.651. The minimum absolute atomic E-state index is 0.388. The van der Waals surface area contributed by atoms with Crippen LogP contribution in [-0.2, 0) is 11.3 Å². The first kappa shape index (κ1) is 15.6. The highest BCUT2D eigenvalue weighted by Crippen LogP contribution is 2.09. The summed E-state index contributed by atoms with van der Waals surface area (Å²) in [5.41, 5.74) is 0. The molecule has 0 bridgehead atoms. The molecule has 1 heterocycles. The molecule has 104 valence electrons. The number of ether oxygens (including phenoxy) is 1. The van der Waals surface area contributed by atoms with Crippen LogP contribution in [0.3, 0.4) is 0 Å². The average Bonchev–Trinajstić information content (AvgIpc) is 2.82. The van der Waals surface area contributed by atoms with Crippen molar-refractivity contribution in [2.75, 3.05) is 13.2 Å². The van der Waals surface area contributed by atoms with Gasteiger partial charge in [-0.3, -0.25) is 0 Å². The van der Waals surface area contributed by atoms with E-state index in [1.54, 1.807) is 11.3 Å². The van der Waals surface area contributed by atoms with E-state index < -0.39 is 6.10 Å². The summed E-state index contributed by atoms with van der Waals surface area (Å²) in [7, 11) is 0. The van der Waals surface area contributed by atoms with Gasteiger partial charge in [0.25, 0.3) is 0 Å². The van der Waals surface area contributed by atoms with Crippen LogP contribution in [0.15, 0.2) is 17.5 Å². The zero-order valence-corrected chi connectivity index (χ0v) is 12.4. The van der Waals surface area contributed by atoms with Crippen molar-refractivity contribution >= 4 is 11.3 Å². The van der Waals surface area contributed by atoms with E-state index in [-0.39, 0.29) is 0 Å². The number of rotatable bonds is 9. The van der Waals surface area contributed by atoms with Gasteiger partial charge in [-0.25, -0.2) is 0 Å². The van der Waals surface area contributed by atoms with E-state index in [1.807, 2.05) is 17.5 Å². The average molecular weight is 271 g/mol. The molecule has 0 fully saturated rings. The third kappa shape index (κ3) is 5.96. The van der Waals surface area contributed by atoms with E-state index in [9.17, 15) is 5.11 Å². The van der Waals surface area contributed by atoms with E-state index >= 15 is 0 Å². The molecule has 0 aliphatic heterocycles. The number of aliphatic hydroxyl groups is 1. The summed E-state index contributed by atoms with van der Waals surface area (Å²) < 4.78 is 5.49. The fraction of sp³-hybridized carbons (Fsp3) is 0.714. The van der Waals surface area contributed by atoms with Crippen molar-refractivity contribution in [3.8, 4) is 0 Å². The highest BCUT2D eigenvalue weighted by Gasteiger charge is 2.12. The third-order valence-electron chi connectivity index (χ3n) is 2.99. The predicted molar refractivity (Wildman–Crippen MR) is 76.9 cm³/mol. The molecule has 0 amide bonds. The molecule has 3 nitrogen and oxygen atoms in total. The van der Waals surface area contributed by atoms with Gasteiger partial charge in [0.1, 0.15) is 0 Å². The maximum absolute atomic E-state index is 9.82. The highest BCUT2D eigenvalue weighted by molar-refractivity contribution is 7.09. The van der Waals surface area contributed by atoms with Gasteiger partial charge in [-0.15, -0.1) is 11.3 Å². The van der Waals surface area contributed by atoms with Crippen LogP contribution in [0.2, 0.25) is 0 Å². The summed E-state index contributed by atoms with van der Waals surface area (Å²) in [5, 5.41) is 15.2. The highest BCUT2D eigenvalue weighted by atomic mass is 32.1. The first-order chi connectivity index (χ1) is 8.63. The monoisotopic (exact) mass is 271 g/mol. The van der Waals surface area contributed by atoms with Crippen molar-refractivity contribution in [3.63, 3.8) is 0 Å². The zero-order valence-electron chi connectivity index (χ0n) is 11.6. The molecule has 2 N–H and O–H groups in total. The lowest BCUT2D eigenvalue weighted by Crippen LogP contribution is -2.39. The van der Waals surface area contributed by atoms with E-state index in [1.165, 1.54) is 4.88 Å². The topological polar surface area (TPSA) is 41.5 Å². The Balaban J connectivity index is 2.11. The van der Waals surface area contributed by atoms with Gasteiger partial charge < -0.3 is 15.2 Å². The minimum atomic E-state index is -0.433. The Morgan fingerprint density at radius 1 is 1.44 bits per heavy atom. The Morgan fingerprint density at radius 2 is 2.22 bits per heavy atom. The fourth-order valence-electron chi connectivity index (χ4n) is 1.89. The van der Waals surface area contributed by atoms with Gasteiger partial charge in [-0.2, -0.15) is 0 Å². The quantitative estimate of drug-likeness (QED) is 0.725. The van der Waals surface area contributed by atoms with Gasteiger partial charge in [-0.05, 0) is 23.8 Å². The summed E-state index contributed by atoms with van der Waals surface area (Å²) in [5.74, 6) is 0.592. The summed E-state index contributed by atoms with van der Waals surface area (Å²) >= 11 is 1.68. The van der Waals surface area contributed by atoms with Crippen LogP contribution in [0.4, 0.5) is 0 Å². The number of hydrogen-bond acceptors (Lipinski definition) is 4. The van der Waals surface area contributed by atoms with Crippen LogP contribution in [0.5, 0.6) is 0 Å². The van der Waals surface area contributed by atoms with Gasteiger partial charge in [0.15, 0.2) is 0 Å². The lowest BCUT2D eigenvalue weighted by molar-refractivity contribution is 0.0278. The smallest absolute Gasteiger partial charge is 0.0897 e. The summed E-state index contributed by atoms with van der Waals surface area (Å²) in [6.45, 7) is 8.13. The maximum Gasteiger partial charge on any atom is 0.0897 e. The normalized spacial score (nSPS) is 14.9. The Morgan fingerprint density at radius 3 is 2.78 bits per heavy atom. The molecule has 0 radical (unpaired) electrons. The SMILES string of the molecule is CCC(NCC(O)COCc1cccs1)C(C)C. The van der Waals surface area contributed by atoms with Crippen molar-refractivity contribution in [3.05, 3.63) is 22.4 Å². The molecule has 0 saturated heterocycles. The maximum atomic E-state index is 9.82. The first-order valence-electron chi connectivity index (χ1n) is 6.65. The molecular formula is C14H25NO2S. The van der Waals surface area contributed by atoms with Crippen LogP contribution < -0.4 is 5.32 Å². The molecule has 1 aromatic rings. The van der Waals surface area contributed by atoms with E-state index in [4.69, 9.17) is 4.74 Å². The molecular weight excluding hydrogens is 246 g/mol. The minimum Gasteiger partial charge on any atom is -0.389 e. The Labute approximate surface area is 114 Å². The Bertz CT molecular complexity index is 301. The number of aliphatic hydroxyl groups excluding tert-OH is 1. The molecule has 0 saturated carbocycles. The fourth-order valence-corrected chi connectivity index (χ4v) is 2.53. The van der Waals surface area contributed by atoms with E-state index in [0.29, 0.717) is 31.7 Å². The lowest BCUT2D eigenvalue weighted by atomic mass is 10.0. The molecule has 1 rings (SSSR count). The molecule has 2 unspecified atom stereocenters. The molecule has 0 aromatic carbocycles. The van der Waals surface area contributed by atoms with E-state index in [2.05, 4.69) is 26.1 Å². The van der Waals surface area contributed by atoms with Gasteiger partial charge in [-0.1, -0.05) is 26.8 Å². The molecule has 0 aliphatic rings. The van der Waals surface area contributed by atoms with Crippen molar-refractivity contribution in [1.29, 1.82) is 0 Å². The Hall–Kier alpha value is -0.420. The second-order valence-corrected chi connectivity index (χ2v) is 5.95. The lowest BCUT2D eigenvalue weighted by Gasteiger charge is -2.22. The molecule has 0 spiro atoms. The van der Waals surface area contributed by atoms with Crippen molar-refractivity contribution in [2.45, 2.75) is 45.9 Å². The zero-order chi connectivity index (χ0) is 13.4. The second kappa shape index (κ2) is 8.64. The van der Waals surface area contributed by atoms with E-state index in [0.717, 1.165) is 6.42 Å². The van der Waals surface area contributed by atoms with Crippen molar-refractivity contribution in [2.24, 2.45) is 5.92 Å². The molecule has 0 aliphatic carbocycles. The molecule has 1 aromatic heterocycles. The van der Waals surface area contributed by atoms with Crippen LogP contribution >= 0.6 is 11.3 Å². The Kier molecular flexibility index (Phi) is 7.51. The van der Waals surface area contributed by atoms with Crippen LogP contribution in [0.1, 0.15) is 32.1 Å². The second-order valence-electron chi connectivity index (χ2n) is 4.92. The molecule has 4 heteroatoms. The van der Waals surface area contributed by atoms with Gasteiger partial charge in [0.2, 0.25) is 0 Å². The first-order valence-corrected chi connectivity index (χ1v) is 7.53.